The number of carbonyl (C=O) groups is 2. The molecule has 27 heavy (non-hydrogen) atoms. The Morgan fingerprint density at radius 2 is 1.70 bits per heavy atom. The lowest BCUT2D eigenvalue weighted by Gasteiger charge is -2.20. The maximum Gasteiger partial charge on any atom is 0.271 e. The van der Waals surface area contributed by atoms with Gasteiger partial charge in [0.15, 0.2) is 0 Å². The zero-order chi connectivity index (χ0) is 19.1. The lowest BCUT2D eigenvalue weighted by Crippen LogP contribution is -2.24. The number of rotatable bonds is 5. The van der Waals surface area contributed by atoms with Crippen LogP contribution < -0.4 is 10.7 Å². The first-order valence-corrected chi connectivity index (χ1v) is 9.50. The largest absolute Gasteiger partial charge is 0.326 e. The highest BCUT2D eigenvalue weighted by molar-refractivity contribution is 6.33. The zero-order valence-corrected chi connectivity index (χ0v) is 15.7. The molecular weight excluding hydrogens is 362 g/mol. The normalized spacial score (nSPS) is 14.9. The van der Waals surface area contributed by atoms with Crippen LogP contribution in [0.2, 0.25) is 5.02 Å². The number of halogens is 1. The molecule has 2 amide bonds. The van der Waals surface area contributed by atoms with Gasteiger partial charge in [0.05, 0.1) is 6.21 Å². The van der Waals surface area contributed by atoms with Gasteiger partial charge in [-0.2, -0.15) is 5.10 Å². The van der Waals surface area contributed by atoms with E-state index in [0.29, 0.717) is 16.3 Å². The third-order valence-electron chi connectivity index (χ3n) is 4.67. The van der Waals surface area contributed by atoms with E-state index < -0.39 is 0 Å². The summed E-state index contributed by atoms with van der Waals surface area (Å²) in [6.07, 6.45) is 6.86. The number of hydrogen-bond donors (Lipinski definition) is 2. The average Bonchev–Trinajstić information content (AvgIpc) is 2.70. The highest BCUT2D eigenvalue weighted by Gasteiger charge is 2.21. The predicted octanol–water partition coefficient (Wildman–Crippen LogP) is 4.62. The van der Waals surface area contributed by atoms with Crippen LogP contribution in [0.3, 0.4) is 0 Å². The number of hydrogen-bond acceptors (Lipinski definition) is 3. The summed E-state index contributed by atoms with van der Waals surface area (Å²) in [4.78, 5) is 24.4. The van der Waals surface area contributed by atoms with Gasteiger partial charge in [0.25, 0.3) is 5.91 Å². The average molecular weight is 384 g/mol. The van der Waals surface area contributed by atoms with E-state index >= 15 is 0 Å². The number of hydrazone groups is 1. The Morgan fingerprint density at radius 3 is 2.41 bits per heavy atom. The summed E-state index contributed by atoms with van der Waals surface area (Å²) in [6, 6.07) is 14.0. The Kier molecular flexibility index (Phi) is 6.60. The number of anilines is 1. The molecule has 1 fully saturated rings. The second-order valence-electron chi connectivity index (χ2n) is 6.62. The molecule has 0 spiro atoms. The van der Waals surface area contributed by atoms with Gasteiger partial charge in [-0.25, -0.2) is 5.43 Å². The van der Waals surface area contributed by atoms with Crippen molar-refractivity contribution in [1.82, 2.24) is 5.43 Å². The number of carbonyl (C=O) groups excluding carboxylic acids is 2. The van der Waals surface area contributed by atoms with Crippen LogP contribution in [0.1, 0.15) is 48.0 Å². The molecule has 0 radical (unpaired) electrons. The van der Waals surface area contributed by atoms with Crippen molar-refractivity contribution < 1.29 is 9.59 Å². The molecule has 2 aromatic rings. The van der Waals surface area contributed by atoms with Gasteiger partial charge < -0.3 is 5.32 Å². The predicted molar refractivity (Wildman–Crippen MR) is 108 cm³/mol. The van der Waals surface area contributed by atoms with Crippen LogP contribution in [0, 0.1) is 5.92 Å². The van der Waals surface area contributed by atoms with Crippen molar-refractivity contribution in [3.05, 3.63) is 64.7 Å². The van der Waals surface area contributed by atoms with Gasteiger partial charge in [0.2, 0.25) is 5.91 Å². The Labute approximate surface area is 163 Å². The van der Waals surface area contributed by atoms with Crippen LogP contribution >= 0.6 is 11.6 Å². The van der Waals surface area contributed by atoms with Crippen LogP contribution in [-0.2, 0) is 4.79 Å². The SMILES string of the molecule is O=C(NN=Cc1ccccc1Cl)c1ccc(NC(=O)C2CCCCC2)cc1. The van der Waals surface area contributed by atoms with E-state index in [4.69, 9.17) is 11.6 Å². The van der Waals surface area contributed by atoms with Crippen molar-refractivity contribution in [2.75, 3.05) is 5.32 Å². The van der Waals surface area contributed by atoms with Gasteiger partial charge in [0, 0.05) is 27.8 Å². The van der Waals surface area contributed by atoms with Crippen LogP contribution in [0.25, 0.3) is 0 Å². The molecule has 0 unspecified atom stereocenters. The maximum atomic E-state index is 12.3. The van der Waals surface area contributed by atoms with Gasteiger partial charge in [-0.15, -0.1) is 0 Å². The molecule has 6 heteroatoms. The molecule has 0 heterocycles. The summed E-state index contributed by atoms with van der Waals surface area (Å²) >= 11 is 6.03. The lowest BCUT2D eigenvalue weighted by molar-refractivity contribution is -0.120. The maximum absolute atomic E-state index is 12.3. The summed E-state index contributed by atoms with van der Waals surface area (Å²) in [6.45, 7) is 0. The highest BCUT2D eigenvalue weighted by atomic mass is 35.5. The van der Waals surface area contributed by atoms with E-state index in [1.165, 1.54) is 12.6 Å². The van der Waals surface area contributed by atoms with E-state index in [1.807, 2.05) is 18.2 Å². The first-order chi connectivity index (χ1) is 13.1. The van der Waals surface area contributed by atoms with Gasteiger partial charge in [-0.05, 0) is 43.2 Å². The standard InChI is InChI=1S/C21H22ClN3O2/c22-19-9-5-4-8-17(19)14-23-25-21(27)16-10-12-18(13-11-16)24-20(26)15-6-2-1-3-7-15/h4-5,8-15H,1-3,6-7H2,(H,24,26)(H,25,27). The molecule has 1 saturated carbocycles. The first kappa shape index (κ1) is 19.1. The molecule has 1 aliphatic rings. The number of amides is 2. The second kappa shape index (κ2) is 9.33. The van der Waals surface area contributed by atoms with Crippen molar-refractivity contribution in [2.24, 2.45) is 11.0 Å². The van der Waals surface area contributed by atoms with Crippen molar-refractivity contribution in [3.63, 3.8) is 0 Å². The molecule has 2 N–H and O–H groups in total. The van der Waals surface area contributed by atoms with Gasteiger partial charge in [0.1, 0.15) is 0 Å². The minimum Gasteiger partial charge on any atom is -0.326 e. The summed E-state index contributed by atoms with van der Waals surface area (Å²) in [5.41, 5.74) is 4.35. The Balaban J connectivity index is 1.54. The third-order valence-corrected chi connectivity index (χ3v) is 5.01. The third kappa shape index (κ3) is 5.41. The fourth-order valence-corrected chi connectivity index (χ4v) is 3.30. The first-order valence-electron chi connectivity index (χ1n) is 9.12. The van der Waals surface area contributed by atoms with E-state index in [9.17, 15) is 9.59 Å². The van der Waals surface area contributed by atoms with Crippen LogP contribution in [-0.4, -0.2) is 18.0 Å². The molecular formula is C21H22ClN3O2. The minimum absolute atomic E-state index is 0.0660. The molecule has 0 bridgehead atoms. The van der Waals surface area contributed by atoms with Crippen LogP contribution in [0.15, 0.2) is 53.6 Å². The summed E-state index contributed by atoms with van der Waals surface area (Å²) < 4.78 is 0. The minimum atomic E-state index is -0.330. The number of nitrogens with zero attached hydrogens (tertiary/aromatic N) is 1. The number of benzene rings is 2. The Hall–Kier alpha value is -2.66. The highest BCUT2D eigenvalue weighted by Crippen LogP contribution is 2.25. The number of nitrogens with one attached hydrogen (secondary N) is 2. The lowest BCUT2D eigenvalue weighted by atomic mass is 9.88. The summed E-state index contributed by atoms with van der Waals surface area (Å²) in [5, 5.41) is 7.43. The fourth-order valence-electron chi connectivity index (χ4n) is 3.12. The van der Waals surface area contributed by atoms with E-state index in [0.717, 1.165) is 31.2 Å². The summed E-state index contributed by atoms with van der Waals surface area (Å²) in [5.74, 6) is -0.166. The molecule has 140 valence electrons. The Morgan fingerprint density at radius 1 is 1.00 bits per heavy atom. The second-order valence-corrected chi connectivity index (χ2v) is 7.03. The zero-order valence-electron chi connectivity index (χ0n) is 15.0. The van der Waals surface area contributed by atoms with Crippen molar-refractivity contribution in [1.29, 1.82) is 0 Å². The van der Waals surface area contributed by atoms with Gasteiger partial charge in [-0.1, -0.05) is 49.1 Å². The smallest absolute Gasteiger partial charge is 0.271 e. The Bertz CT molecular complexity index is 828. The fraction of sp³-hybridized carbons (Fsp3) is 0.286. The topological polar surface area (TPSA) is 70.6 Å². The van der Waals surface area contributed by atoms with Crippen molar-refractivity contribution in [3.8, 4) is 0 Å². The molecule has 3 rings (SSSR count). The molecule has 0 atom stereocenters. The molecule has 0 aromatic heterocycles. The summed E-state index contributed by atoms with van der Waals surface area (Å²) in [7, 11) is 0. The van der Waals surface area contributed by atoms with E-state index in [2.05, 4.69) is 15.8 Å². The quantitative estimate of drug-likeness (QED) is 0.584. The van der Waals surface area contributed by atoms with Gasteiger partial charge >= 0.3 is 0 Å². The molecule has 0 aliphatic heterocycles. The molecule has 1 aliphatic carbocycles. The molecule has 0 saturated heterocycles. The van der Waals surface area contributed by atoms with E-state index in [-0.39, 0.29) is 17.7 Å². The van der Waals surface area contributed by atoms with Gasteiger partial charge in [-0.3, -0.25) is 9.59 Å². The van der Waals surface area contributed by atoms with E-state index in [1.54, 1.807) is 30.3 Å². The molecule has 2 aromatic carbocycles. The monoisotopic (exact) mass is 383 g/mol. The van der Waals surface area contributed by atoms with Crippen LogP contribution in [0.4, 0.5) is 5.69 Å². The van der Waals surface area contributed by atoms with Crippen molar-refractivity contribution in [2.45, 2.75) is 32.1 Å². The van der Waals surface area contributed by atoms with Crippen molar-refractivity contribution >= 4 is 35.3 Å². The molecule has 5 nitrogen and oxygen atoms in total. The van der Waals surface area contributed by atoms with Crippen LogP contribution in [0.5, 0.6) is 0 Å².